The number of carbonyl (C=O) groups excluding carboxylic acids is 1. The normalized spacial score (nSPS) is 10.4. The fourth-order valence-corrected chi connectivity index (χ4v) is 2.87. The Hall–Kier alpha value is -1.81. The van der Waals surface area contributed by atoms with Crippen LogP contribution in [0.15, 0.2) is 41.8 Å². The molecule has 2 rings (SSSR count). The zero-order valence-electron chi connectivity index (χ0n) is 12.9. The molecule has 0 bridgehead atoms. The number of nitrogens with zero attached hydrogens (tertiary/aromatic N) is 2. The zero-order chi connectivity index (χ0) is 15.2. The molecule has 0 radical (unpaired) electrons. The van der Waals surface area contributed by atoms with Crippen LogP contribution in [0.2, 0.25) is 0 Å². The Labute approximate surface area is 130 Å². The van der Waals surface area contributed by atoms with Gasteiger partial charge < -0.3 is 9.80 Å². The van der Waals surface area contributed by atoms with E-state index in [1.807, 2.05) is 43.4 Å². The maximum atomic E-state index is 12.3. The van der Waals surface area contributed by atoms with Crippen molar-refractivity contribution in [1.82, 2.24) is 4.90 Å². The molecule has 21 heavy (non-hydrogen) atoms. The van der Waals surface area contributed by atoms with Gasteiger partial charge in [0, 0.05) is 37.7 Å². The Balaban J connectivity index is 1.99. The van der Waals surface area contributed by atoms with E-state index >= 15 is 0 Å². The smallest absolute Gasteiger partial charge is 0.228 e. The Bertz CT molecular complexity index is 561. The van der Waals surface area contributed by atoms with Crippen LogP contribution in [0.4, 0.5) is 5.69 Å². The monoisotopic (exact) mass is 302 g/mol. The lowest BCUT2D eigenvalue weighted by Gasteiger charge is -2.21. The molecule has 1 amide bonds. The number of hydrogen-bond donors (Lipinski definition) is 0. The van der Waals surface area contributed by atoms with Crippen molar-refractivity contribution >= 4 is 22.9 Å². The first-order valence-electron chi connectivity index (χ1n) is 7.16. The average Bonchev–Trinajstić information content (AvgIpc) is 2.98. The van der Waals surface area contributed by atoms with Crippen molar-refractivity contribution in [2.75, 3.05) is 25.5 Å². The summed E-state index contributed by atoms with van der Waals surface area (Å²) in [4.78, 5) is 17.5. The lowest BCUT2D eigenvalue weighted by Crippen LogP contribution is -2.31. The first kappa shape index (κ1) is 15.6. The molecule has 0 unspecified atom stereocenters. The molecule has 0 spiro atoms. The molecule has 0 aliphatic heterocycles. The summed E-state index contributed by atoms with van der Waals surface area (Å²) in [6.45, 7) is 3.44. The highest BCUT2D eigenvalue weighted by molar-refractivity contribution is 7.10. The molecule has 0 aliphatic rings. The molecule has 0 N–H and O–H groups in total. The maximum absolute atomic E-state index is 12.3. The lowest BCUT2D eigenvalue weighted by atomic mass is 10.1. The van der Waals surface area contributed by atoms with Gasteiger partial charge in [-0.15, -0.1) is 11.3 Å². The largest absolute Gasteiger partial charge is 0.378 e. The molecule has 1 heterocycles. The highest BCUT2D eigenvalue weighted by Gasteiger charge is 2.13. The summed E-state index contributed by atoms with van der Waals surface area (Å²) in [5.74, 6) is 0.191. The van der Waals surface area contributed by atoms with Crippen molar-refractivity contribution in [3.63, 3.8) is 0 Å². The Morgan fingerprint density at radius 1 is 1.14 bits per heavy atom. The summed E-state index contributed by atoms with van der Waals surface area (Å²) in [6, 6.07) is 12.4. The van der Waals surface area contributed by atoms with E-state index in [2.05, 4.69) is 29.2 Å². The van der Waals surface area contributed by atoms with Gasteiger partial charge in [0.2, 0.25) is 5.91 Å². The minimum absolute atomic E-state index is 0.191. The molecule has 112 valence electrons. The quantitative estimate of drug-likeness (QED) is 0.816. The van der Waals surface area contributed by atoms with Gasteiger partial charge in [-0.3, -0.25) is 4.79 Å². The number of rotatable bonds is 6. The van der Waals surface area contributed by atoms with E-state index in [9.17, 15) is 4.79 Å². The van der Waals surface area contributed by atoms with E-state index < -0.39 is 0 Å². The Kier molecular flexibility index (Phi) is 5.39. The van der Waals surface area contributed by atoms with Crippen molar-refractivity contribution in [2.24, 2.45) is 0 Å². The highest BCUT2D eigenvalue weighted by Crippen LogP contribution is 2.15. The minimum Gasteiger partial charge on any atom is -0.378 e. The fraction of sp³-hybridized carbons (Fsp3) is 0.353. The summed E-state index contributed by atoms with van der Waals surface area (Å²) in [6.07, 6.45) is 0.501. The Morgan fingerprint density at radius 3 is 2.38 bits per heavy atom. The second kappa shape index (κ2) is 7.27. The molecular formula is C17H22N2OS. The van der Waals surface area contributed by atoms with Gasteiger partial charge in [0.25, 0.3) is 0 Å². The molecular weight excluding hydrogens is 280 g/mol. The topological polar surface area (TPSA) is 23.6 Å². The van der Waals surface area contributed by atoms with E-state index in [1.165, 1.54) is 11.3 Å². The second-order valence-corrected chi connectivity index (χ2v) is 6.26. The van der Waals surface area contributed by atoms with Crippen LogP contribution < -0.4 is 4.90 Å². The third-order valence-corrected chi connectivity index (χ3v) is 4.34. The first-order chi connectivity index (χ1) is 10.1. The van der Waals surface area contributed by atoms with Crippen molar-refractivity contribution in [3.05, 3.63) is 52.2 Å². The predicted octanol–water partition coefficient (Wildman–Crippen LogP) is 3.41. The molecule has 2 aromatic rings. The molecule has 0 fully saturated rings. The zero-order valence-corrected chi connectivity index (χ0v) is 13.7. The van der Waals surface area contributed by atoms with Crippen molar-refractivity contribution in [1.29, 1.82) is 0 Å². The summed E-state index contributed by atoms with van der Waals surface area (Å²) in [7, 11) is 4.05. The van der Waals surface area contributed by atoms with Gasteiger partial charge in [0.05, 0.1) is 6.42 Å². The molecule has 0 aliphatic carbocycles. The average molecular weight is 302 g/mol. The van der Waals surface area contributed by atoms with Crippen LogP contribution in [-0.2, 0) is 17.8 Å². The van der Waals surface area contributed by atoms with E-state index in [0.29, 0.717) is 13.0 Å². The molecule has 0 saturated heterocycles. The van der Waals surface area contributed by atoms with Gasteiger partial charge in [0.15, 0.2) is 0 Å². The van der Waals surface area contributed by atoms with Crippen molar-refractivity contribution in [3.8, 4) is 0 Å². The summed E-state index contributed by atoms with van der Waals surface area (Å²) in [5.41, 5.74) is 2.34. The van der Waals surface area contributed by atoms with Gasteiger partial charge in [-0.05, 0) is 36.1 Å². The second-order valence-electron chi connectivity index (χ2n) is 5.22. The van der Waals surface area contributed by atoms with E-state index in [4.69, 9.17) is 0 Å². The van der Waals surface area contributed by atoms with Crippen LogP contribution in [0.1, 0.15) is 17.4 Å². The van der Waals surface area contributed by atoms with Gasteiger partial charge in [-0.1, -0.05) is 18.2 Å². The molecule has 4 heteroatoms. The van der Waals surface area contributed by atoms with Crippen LogP contribution in [0.5, 0.6) is 0 Å². The van der Waals surface area contributed by atoms with Gasteiger partial charge >= 0.3 is 0 Å². The van der Waals surface area contributed by atoms with Crippen LogP contribution >= 0.6 is 11.3 Å². The van der Waals surface area contributed by atoms with Gasteiger partial charge in [0.1, 0.15) is 0 Å². The third kappa shape index (κ3) is 4.33. The van der Waals surface area contributed by atoms with Crippen molar-refractivity contribution in [2.45, 2.75) is 19.9 Å². The molecule has 0 atom stereocenters. The predicted molar refractivity (Wildman–Crippen MR) is 89.9 cm³/mol. The van der Waals surface area contributed by atoms with Crippen LogP contribution in [0.3, 0.4) is 0 Å². The summed E-state index contributed by atoms with van der Waals surface area (Å²) >= 11 is 1.64. The third-order valence-electron chi connectivity index (χ3n) is 3.47. The maximum Gasteiger partial charge on any atom is 0.228 e. The lowest BCUT2D eigenvalue weighted by molar-refractivity contribution is -0.130. The number of hydrogen-bond acceptors (Lipinski definition) is 3. The van der Waals surface area contributed by atoms with E-state index in [-0.39, 0.29) is 5.91 Å². The number of carbonyl (C=O) groups is 1. The van der Waals surface area contributed by atoms with E-state index in [1.54, 1.807) is 11.3 Å². The number of likely N-dealkylation sites (N-methyl/N-ethyl adjacent to an activating group) is 1. The van der Waals surface area contributed by atoms with Crippen LogP contribution in [0.25, 0.3) is 0 Å². The fourth-order valence-electron chi connectivity index (χ4n) is 2.17. The molecule has 3 nitrogen and oxygen atoms in total. The summed E-state index contributed by atoms with van der Waals surface area (Å²) in [5, 5.41) is 2.01. The number of anilines is 1. The minimum atomic E-state index is 0.191. The highest BCUT2D eigenvalue weighted by atomic mass is 32.1. The van der Waals surface area contributed by atoms with Crippen molar-refractivity contribution < 1.29 is 4.79 Å². The van der Waals surface area contributed by atoms with E-state index in [0.717, 1.165) is 11.4 Å². The summed E-state index contributed by atoms with van der Waals surface area (Å²) < 4.78 is 0. The molecule has 0 saturated carbocycles. The van der Waals surface area contributed by atoms with Gasteiger partial charge in [-0.25, -0.2) is 0 Å². The van der Waals surface area contributed by atoms with Crippen LogP contribution in [-0.4, -0.2) is 31.4 Å². The number of benzene rings is 1. The number of amides is 1. The standard InChI is InChI=1S/C17H22N2OS/c1-4-19(17(20)12-16-6-5-11-21-16)13-14-7-9-15(10-8-14)18(2)3/h5-11H,4,12-13H2,1-3H3. The Morgan fingerprint density at radius 2 is 1.86 bits per heavy atom. The number of thiophene rings is 1. The van der Waals surface area contributed by atoms with Crippen LogP contribution in [0, 0.1) is 0 Å². The first-order valence-corrected chi connectivity index (χ1v) is 8.04. The van der Waals surface area contributed by atoms with Gasteiger partial charge in [-0.2, -0.15) is 0 Å². The molecule has 1 aromatic heterocycles. The molecule has 1 aromatic carbocycles. The SMILES string of the molecule is CCN(Cc1ccc(N(C)C)cc1)C(=O)Cc1cccs1.